The molecule has 0 aliphatic carbocycles. The lowest BCUT2D eigenvalue weighted by molar-refractivity contribution is 0.415. The minimum Gasteiger partial charge on any atom is -0.495 e. The van der Waals surface area contributed by atoms with Gasteiger partial charge in [-0.05, 0) is 40.8 Å². The maximum Gasteiger partial charge on any atom is 0.264 e. The molecule has 0 saturated heterocycles. The Hall–Kier alpha value is -1.08. The number of aromatic amines is 1. The molecule has 0 atom stereocenters. The van der Waals surface area contributed by atoms with Gasteiger partial charge in [0.1, 0.15) is 15.1 Å². The van der Waals surface area contributed by atoms with Gasteiger partial charge in [0.2, 0.25) is 0 Å². The monoisotopic (exact) mass is 418 g/mol. The second-order valence-electron chi connectivity index (χ2n) is 5.68. The normalized spacial score (nSPS) is 11.5. The van der Waals surface area contributed by atoms with Crippen molar-refractivity contribution >= 4 is 34.2 Å². The fourth-order valence-electron chi connectivity index (χ4n) is 1.91. The standard InChI is InChI=1S/C15H16ClIN2O2/c1-15(2,3)12-11(17)14(20)19-13(18-12)8-5-6-10(21-4)9(16)7-8/h5-7H,1-4H3,(H,18,19,20). The SMILES string of the molecule is COc1ccc(-c2nc(C(C)(C)C)c(I)c(=O)[nH]2)cc1Cl. The number of H-pyrrole nitrogens is 1. The number of methoxy groups -OCH3 is 1. The van der Waals surface area contributed by atoms with Crippen LogP contribution in [0.3, 0.4) is 0 Å². The Morgan fingerprint density at radius 2 is 2.00 bits per heavy atom. The maximum atomic E-state index is 12.1. The molecule has 2 rings (SSSR count). The number of ether oxygens (including phenoxy) is 1. The number of nitrogens with zero attached hydrogens (tertiary/aromatic N) is 1. The van der Waals surface area contributed by atoms with Gasteiger partial charge in [0.05, 0.1) is 17.8 Å². The molecular formula is C15H16ClIN2O2. The van der Waals surface area contributed by atoms with E-state index in [-0.39, 0.29) is 11.0 Å². The van der Waals surface area contributed by atoms with Crippen LogP contribution in [0, 0.1) is 3.57 Å². The molecule has 0 unspecified atom stereocenters. The van der Waals surface area contributed by atoms with Gasteiger partial charge in [0, 0.05) is 11.0 Å². The van der Waals surface area contributed by atoms with E-state index in [1.165, 1.54) is 0 Å². The summed E-state index contributed by atoms with van der Waals surface area (Å²) in [5, 5.41) is 0.480. The molecule has 0 radical (unpaired) electrons. The molecule has 4 nitrogen and oxygen atoms in total. The third kappa shape index (κ3) is 3.40. The van der Waals surface area contributed by atoms with E-state index in [0.717, 1.165) is 11.3 Å². The summed E-state index contributed by atoms with van der Waals surface area (Å²) in [7, 11) is 1.56. The van der Waals surface area contributed by atoms with Crippen molar-refractivity contribution in [3.05, 3.63) is 42.8 Å². The molecule has 1 heterocycles. The number of benzene rings is 1. The highest BCUT2D eigenvalue weighted by Crippen LogP contribution is 2.30. The molecule has 1 aromatic heterocycles. The first-order valence-electron chi connectivity index (χ1n) is 6.38. The number of aromatic nitrogens is 2. The van der Waals surface area contributed by atoms with E-state index in [9.17, 15) is 4.79 Å². The van der Waals surface area contributed by atoms with Crippen LogP contribution in [-0.4, -0.2) is 17.1 Å². The highest BCUT2D eigenvalue weighted by molar-refractivity contribution is 14.1. The zero-order valence-electron chi connectivity index (χ0n) is 12.3. The van der Waals surface area contributed by atoms with Gasteiger partial charge in [-0.2, -0.15) is 0 Å². The van der Waals surface area contributed by atoms with Crippen LogP contribution in [-0.2, 0) is 5.41 Å². The van der Waals surface area contributed by atoms with Crippen molar-refractivity contribution in [2.75, 3.05) is 7.11 Å². The van der Waals surface area contributed by atoms with Gasteiger partial charge in [0.25, 0.3) is 5.56 Å². The summed E-state index contributed by atoms with van der Waals surface area (Å²) in [4.78, 5) is 19.5. The summed E-state index contributed by atoms with van der Waals surface area (Å²) in [6.07, 6.45) is 0. The predicted octanol–water partition coefficient (Wildman–Crippen LogP) is 4.00. The van der Waals surface area contributed by atoms with Crippen LogP contribution < -0.4 is 10.3 Å². The van der Waals surface area contributed by atoms with Gasteiger partial charge in [0.15, 0.2) is 0 Å². The molecule has 0 fully saturated rings. The lowest BCUT2D eigenvalue weighted by atomic mass is 9.92. The van der Waals surface area contributed by atoms with Crippen LogP contribution >= 0.6 is 34.2 Å². The largest absolute Gasteiger partial charge is 0.495 e. The zero-order valence-corrected chi connectivity index (χ0v) is 15.2. The molecule has 1 aromatic carbocycles. The Balaban J connectivity index is 2.63. The number of hydrogen-bond acceptors (Lipinski definition) is 3. The smallest absolute Gasteiger partial charge is 0.264 e. The second kappa shape index (κ2) is 5.96. The fraction of sp³-hybridized carbons (Fsp3) is 0.333. The van der Waals surface area contributed by atoms with E-state index in [1.807, 2.05) is 49.4 Å². The summed E-state index contributed by atoms with van der Waals surface area (Å²) in [6, 6.07) is 5.31. The van der Waals surface area contributed by atoms with Crippen molar-refractivity contribution < 1.29 is 4.74 Å². The van der Waals surface area contributed by atoms with E-state index in [4.69, 9.17) is 16.3 Å². The van der Waals surface area contributed by atoms with Crippen molar-refractivity contribution in [2.24, 2.45) is 0 Å². The van der Waals surface area contributed by atoms with Crippen molar-refractivity contribution in [1.82, 2.24) is 9.97 Å². The van der Waals surface area contributed by atoms with E-state index >= 15 is 0 Å². The second-order valence-corrected chi connectivity index (χ2v) is 7.16. The average molecular weight is 419 g/mol. The Morgan fingerprint density at radius 1 is 1.33 bits per heavy atom. The Morgan fingerprint density at radius 3 is 2.52 bits per heavy atom. The molecule has 6 heteroatoms. The van der Waals surface area contributed by atoms with Crippen LogP contribution in [0.5, 0.6) is 5.75 Å². The molecule has 2 aromatic rings. The Kier molecular flexibility index (Phi) is 4.63. The van der Waals surface area contributed by atoms with Crippen LogP contribution in [0.1, 0.15) is 26.5 Å². The summed E-state index contributed by atoms with van der Waals surface area (Å²) < 4.78 is 5.75. The third-order valence-corrected chi connectivity index (χ3v) is 4.29. The molecule has 0 bridgehead atoms. The average Bonchev–Trinajstić information content (AvgIpc) is 2.40. The van der Waals surface area contributed by atoms with Crippen molar-refractivity contribution in [1.29, 1.82) is 0 Å². The van der Waals surface area contributed by atoms with Crippen LogP contribution in [0.2, 0.25) is 5.02 Å². The lowest BCUT2D eigenvalue weighted by Gasteiger charge is -2.19. The van der Waals surface area contributed by atoms with Crippen molar-refractivity contribution in [2.45, 2.75) is 26.2 Å². The molecule has 1 N–H and O–H groups in total. The Labute approximate surface area is 142 Å². The molecule has 0 amide bonds. The van der Waals surface area contributed by atoms with Gasteiger partial charge >= 0.3 is 0 Å². The quantitative estimate of drug-likeness (QED) is 0.750. The molecular weight excluding hydrogens is 403 g/mol. The topological polar surface area (TPSA) is 55.0 Å². The van der Waals surface area contributed by atoms with Gasteiger partial charge in [-0.15, -0.1) is 0 Å². The van der Waals surface area contributed by atoms with Gasteiger partial charge < -0.3 is 9.72 Å². The minimum atomic E-state index is -0.213. The Bertz CT molecular complexity index is 735. The minimum absolute atomic E-state index is 0.141. The molecule has 0 aliphatic heterocycles. The molecule has 0 aliphatic rings. The maximum absolute atomic E-state index is 12.1. The van der Waals surface area contributed by atoms with Gasteiger partial charge in [-0.1, -0.05) is 32.4 Å². The summed E-state index contributed by atoms with van der Waals surface area (Å²) in [5.41, 5.74) is 1.17. The van der Waals surface area contributed by atoms with E-state index in [0.29, 0.717) is 20.2 Å². The lowest BCUT2D eigenvalue weighted by Crippen LogP contribution is -2.24. The van der Waals surface area contributed by atoms with E-state index < -0.39 is 0 Å². The van der Waals surface area contributed by atoms with Gasteiger partial charge in [-0.25, -0.2) is 4.98 Å². The van der Waals surface area contributed by atoms with Crippen LogP contribution in [0.4, 0.5) is 0 Å². The number of hydrogen-bond donors (Lipinski definition) is 1. The molecule has 0 spiro atoms. The van der Waals surface area contributed by atoms with Crippen LogP contribution in [0.15, 0.2) is 23.0 Å². The highest BCUT2D eigenvalue weighted by Gasteiger charge is 2.22. The van der Waals surface area contributed by atoms with E-state index in [1.54, 1.807) is 19.2 Å². The molecule has 21 heavy (non-hydrogen) atoms. The fourth-order valence-corrected chi connectivity index (χ4v) is 3.23. The zero-order chi connectivity index (χ0) is 15.8. The number of nitrogens with one attached hydrogen (secondary N) is 1. The summed E-state index contributed by atoms with van der Waals surface area (Å²) >= 11 is 8.17. The first kappa shape index (κ1) is 16.3. The first-order valence-corrected chi connectivity index (χ1v) is 7.84. The number of rotatable bonds is 2. The van der Waals surface area contributed by atoms with E-state index in [2.05, 4.69) is 9.97 Å². The highest BCUT2D eigenvalue weighted by atomic mass is 127. The third-order valence-electron chi connectivity index (χ3n) is 3.00. The van der Waals surface area contributed by atoms with Crippen molar-refractivity contribution in [3.63, 3.8) is 0 Å². The summed E-state index contributed by atoms with van der Waals surface area (Å²) in [5.74, 6) is 1.10. The van der Waals surface area contributed by atoms with Crippen LogP contribution in [0.25, 0.3) is 11.4 Å². The molecule has 0 saturated carbocycles. The predicted molar refractivity (Wildman–Crippen MR) is 93.3 cm³/mol. The summed E-state index contributed by atoms with van der Waals surface area (Å²) in [6.45, 7) is 6.09. The van der Waals surface area contributed by atoms with Gasteiger partial charge in [-0.3, -0.25) is 4.79 Å². The van der Waals surface area contributed by atoms with Crippen molar-refractivity contribution in [3.8, 4) is 17.1 Å². The first-order chi connectivity index (χ1) is 9.74. The molecule has 112 valence electrons. The number of halogens is 2.